The number of carbonyl (C=O) groups excluding carboxylic acids is 1. The third kappa shape index (κ3) is 2.82. The minimum atomic E-state index is -0.357. The molecule has 2 rings (SSSR count). The molecule has 2 aromatic rings. The molecule has 0 amide bonds. The highest BCUT2D eigenvalue weighted by molar-refractivity contribution is 5.79. The highest BCUT2D eigenvalue weighted by atomic mass is 16.5. The second kappa shape index (κ2) is 6.05. The smallest absolute Gasteiger partial charge is 0.324 e. The molecule has 0 bridgehead atoms. The van der Waals surface area contributed by atoms with Crippen LogP contribution < -0.4 is 5.32 Å². The number of hydrogen-bond donors (Lipinski definition) is 1. The number of imidazole rings is 1. The minimum Gasteiger partial charge on any atom is -0.468 e. The number of aryl methyl sites for hydroxylation is 2. The zero-order valence-electron chi connectivity index (χ0n) is 12.4. The fourth-order valence-corrected chi connectivity index (χ4v) is 2.27. The molecular weight excluding hydrogens is 254 g/mol. The fraction of sp³-hybridized carbons (Fsp3) is 0.467. The number of hydrogen-bond acceptors (Lipinski definition) is 4. The summed E-state index contributed by atoms with van der Waals surface area (Å²) in [6, 6.07) is 3.82. The first-order valence-electron chi connectivity index (χ1n) is 6.80. The van der Waals surface area contributed by atoms with Crippen molar-refractivity contribution in [1.82, 2.24) is 14.9 Å². The summed E-state index contributed by atoms with van der Waals surface area (Å²) < 4.78 is 6.83. The van der Waals surface area contributed by atoms with Crippen molar-refractivity contribution in [3.05, 3.63) is 29.6 Å². The van der Waals surface area contributed by atoms with Gasteiger partial charge in [-0.3, -0.25) is 4.79 Å². The lowest BCUT2D eigenvalue weighted by Gasteiger charge is -2.16. The number of nitrogens with zero attached hydrogens (tertiary/aromatic N) is 2. The summed E-state index contributed by atoms with van der Waals surface area (Å²) in [6.07, 6.45) is 1.77. The van der Waals surface area contributed by atoms with Gasteiger partial charge in [0.2, 0.25) is 0 Å². The quantitative estimate of drug-likeness (QED) is 0.845. The second-order valence-electron chi connectivity index (χ2n) is 4.96. The van der Waals surface area contributed by atoms with E-state index in [1.54, 1.807) is 6.33 Å². The monoisotopic (exact) mass is 275 g/mol. The fourth-order valence-electron chi connectivity index (χ4n) is 2.27. The Hall–Kier alpha value is -1.88. The van der Waals surface area contributed by atoms with Crippen molar-refractivity contribution in [2.45, 2.75) is 33.4 Å². The standard InChI is InChI=1S/C15H21N3O2/c1-5-16-13(15(19)20-4)8-18-9-17-12-6-10(2)11(3)7-14(12)18/h6-7,9,13,16H,5,8H2,1-4H3. The van der Waals surface area contributed by atoms with E-state index in [9.17, 15) is 4.79 Å². The molecule has 5 nitrogen and oxygen atoms in total. The Morgan fingerprint density at radius 1 is 1.40 bits per heavy atom. The Kier molecular flexibility index (Phi) is 4.39. The summed E-state index contributed by atoms with van der Waals surface area (Å²) in [5.74, 6) is -0.252. The molecule has 20 heavy (non-hydrogen) atoms. The van der Waals surface area contributed by atoms with Crippen LogP contribution in [0, 0.1) is 13.8 Å². The van der Waals surface area contributed by atoms with Gasteiger partial charge in [-0.05, 0) is 43.7 Å². The van der Waals surface area contributed by atoms with Crippen LogP contribution in [0.4, 0.5) is 0 Å². The largest absolute Gasteiger partial charge is 0.468 e. The zero-order chi connectivity index (χ0) is 14.7. The maximum Gasteiger partial charge on any atom is 0.324 e. The van der Waals surface area contributed by atoms with Crippen molar-refractivity contribution in [3.8, 4) is 0 Å². The van der Waals surface area contributed by atoms with E-state index in [1.165, 1.54) is 18.2 Å². The lowest BCUT2D eigenvalue weighted by Crippen LogP contribution is -2.40. The van der Waals surface area contributed by atoms with Crippen molar-refractivity contribution < 1.29 is 9.53 Å². The van der Waals surface area contributed by atoms with Crippen molar-refractivity contribution in [1.29, 1.82) is 0 Å². The SMILES string of the molecule is CCNC(Cn1cnc2cc(C)c(C)cc21)C(=O)OC. The van der Waals surface area contributed by atoms with Crippen LogP contribution in [0.3, 0.4) is 0 Å². The van der Waals surface area contributed by atoms with Crippen molar-refractivity contribution in [3.63, 3.8) is 0 Å². The van der Waals surface area contributed by atoms with E-state index in [4.69, 9.17) is 4.74 Å². The number of aromatic nitrogens is 2. The molecule has 1 unspecified atom stereocenters. The van der Waals surface area contributed by atoms with E-state index in [-0.39, 0.29) is 12.0 Å². The van der Waals surface area contributed by atoms with E-state index in [0.29, 0.717) is 13.1 Å². The van der Waals surface area contributed by atoms with E-state index < -0.39 is 0 Å². The molecule has 108 valence electrons. The molecule has 0 radical (unpaired) electrons. The molecule has 1 heterocycles. The number of esters is 1. The molecule has 0 saturated heterocycles. The van der Waals surface area contributed by atoms with Crippen LogP contribution >= 0.6 is 0 Å². The number of likely N-dealkylation sites (N-methyl/N-ethyl adjacent to an activating group) is 1. The van der Waals surface area contributed by atoms with E-state index in [0.717, 1.165) is 11.0 Å². The van der Waals surface area contributed by atoms with Crippen LogP contribution in [-0.4, -0.2) is 35.2 Å². The summed E-state index contributed by atoms with van der Waals surface area (Å²) in [4.78, 5) is 16.2. The first-order chi connectivity index (χ1) is 9.56. The first-order valence-corrected chi connectivity index (χ1v) is 6.80. The Balaban J connectivity index is 2.32. The summed E-state index contributed by atoms with van der Waals surface area (Å²) in [5.41, 5.74) is 4.43. The summed E-state index contributed by atoms with van der Waals surface area (Å²) >= 11 is 0. The van der Waals surface area contributed by atoms with Crippen LogP contribution in [0.1, 0.15) is 18.1 Å². The van der Waals surface area contributed by atoms with Crippen LogP contribution in [0.5, 0.6) is 0 Å². The maximum absolute atomic E-state index is 11.8. The zero-order valence-corrected chi connectivity index (χ0v) is 12.4. The van der Waals surface area contributed by atoms with E-state index in [2.05, 4.69) is 36.3 Å². The number of fused-ring (bicyclic) bond motifs is 1. The Morgan fingerprint density at radius 2 is 2.10 bits per heavy atom. The molecule has 0 aliphatic rings. The summed E-state index contributed by atoms with van der Waals surface area (Å²) in [7, 11) is 1.41. The molecule has 0 fully saturated rings. The van der Waals surface area contributed by atoms with Gasteiger partial charge in [0.1, 0.15) is 6.04 Å². The predicted molar refractivity (Wildman–Crippen MR) is 78.7 cm³/mol. The summed E-state index contributed by atoms with van der Waals surface area (Å²) in [6.45, 7) is 7.34. The maximum atomic E-state index is 11.8. The number of benzene rings is 1. The third-order valence-electron chi connectivity index (χ3n) is 3.55. The normalized spacial score (nSPS) is 12.6. The topological polar surface area (TPSA) is 56.2 Å². The molecule has 1 N–H and O–H groups in total. The van der Waals surface area contributed by atoms with Crippen LogP contribution in [0.2, 0.25) is 0 Å². The number of nitrogens with one attached hydrogen (secondary N) is 1. The molecule has 1 atom stereocenters. The minimum absolute atomic E-state index is 0.252. The average Bonchev–Trinajstić information content (AvgIpc) is 2.80. The third-order valence-corrected chi connectivity index (χ3v) is 3.55. The first kappa shape index (κ1) is 14.5. The Bertz CT molecular complexity index is 619. The molecule has 5 heteroatoms. The molecular formula is C15H21N3O2. The lowest BCUT2D eigenvalue weighted by atomic mass is 10.1. The van der Waals surface area contributed by atoms with E-state index in [1.807, 2.05) is 11.5 Å². The number of methoxy groups -OCH3 is 1. The van der Waals surface area contributed by atoms with Crippen LogP contribution in [0.25, 0.3) is 11.0 Å². The van der Waals surface area contributed by atoms with Gasteiger partial charge in [-0.15, -0.1) is 0 Å². The molecule has 0 spiro atoms. The summed E-state index contributed by atoms with van der Waals surface area (Å²) in [5, 5.41) is 3.14. The van der Waals surface area contributed by atoms with Gasteiger partial charge in [-0.25, -0.2) is 4.98 Å². The van der Waals surface area contributed by atoms with Gasteiger partial charge in [0.05, 0.1) is 31.0 Å². The number of ether oxygens (including phenoxy) is 1. The van der Waals surface area contributed by atoms with Gasteiger partial charge in [-0.2, -0.15) is 0 Å². The van der Waals surface area contributed by atoms with E-state index >= 15 is 0 Å². The molecule has 0 aliphatic carbocycles. The van der Waals surface area contributed by atoms with Gasteiger partial charge < -0.3 is 14.6 Å². The highest BCUT2D eigenvalue weighted by Crippen LogP contribution is 2.18. The van der Waals surface area contributed by atoms with Gasteiger partial charge in [0.15, 0.2) is 0 Å². The van der Waals surface area contributed by atoms with Gasteiger partial charge in [-0.1, -0.05) is 6.92 Å². The predicted octanol–water partition coefficient (Wildman–Crippen LogP) is 1.80. The van der Waals surface area contributed by atoms with Crippen LogP contribution in [-0.2, 0) is 16.1 Å². The molecule has 0 saturated carbocycles. The number of carbonyl (C=O) groups is 1. The van der Waals surface area contributed by atoms with Crippen LogP contribution in [0.15, 0.2) is 18.5 Å². The lowest BCUT2D eigenvalue weighted by molar-refractivity contribution is -0.143. The van der Waals surface area contributed by atoms with Crippen molar-refractivity contribution in [2.75, 3.05) is 13.7 Å². The van der Waals surface area contributed by atoms with Gasteiger partial charge in [0.25, 0.3) is 0 Å². The number of rotatable bonds is 5. The Labute approximate surface area is 118 Å². The van der Waals surface area contributed by atoms with Crippen molar-refractivity contribution >= 4 is 17.0 Å². The average molecular weight is 275 g/mol. The van der Waals surface area contributed by atoms with Crippen molar-refractivity contribution in [2.24, 2.45) is 0 Å². The molecule has 1 aromatic carbocycles. The van der Waals surface area contributed by atoms with Gasteiger partial charge >= 0.3 is 5.97 Å². The van der Waals surface area contributed by atoms with Gasteiger partial charge in [0, 0.05) is 0 Å². The Morgan fingerprint density at radius 3 is 2.75 bits per heavy atom. The second-order valence-corrected chi connectivity index (χ2v) is 4.96. The molecule has 1 aromatic heterocycles. The highest BCUT2D eigenvalue weighted by Gasteiger charge is 2.19. The molecule has 0 aliphatic heterocycles.